The topological polar surface area (TPSA) is 23.8 Å². The average molecular weight is 285 g/mol. The van der Waals surface area contributed by atoms with E-state index in [-0.39, 0.29) is 0 Å². The molecule has 0 saturated carbocycles. The largest absolute Gasteiger partial charge is 0.192 e. The van der Waals surface area contributed by atoms with Crippen molar-refractivity contribution in [2.75, 3.05) is 5.75 Å². The van der Waals surface area contributed by atoms with Crippen LogP contribution in [0.3, 0.4) is 0 Å². The van der Waals surface area contributed by atoms with Crippen molar-refractivity contribution >= 4 is 30.6 Å². The summed E-state index contributed by atoms with van der Waals surface area (Å²) in [5.41, 5.74) is 0.832. The minimum atomic E-state index is -0.996. The maximum atomic E-state index is 9.42. The van der Waals surface area contributed by atoms with Gasteiger partial charge in [0.1, 0.15) is 6.07 Å². The summed E-state index contributed by atoms with van der Waals surface area (Å²) in [5, 5.41) is 11.6. The molecule has 0 radical (unpaired) electrons. The normalized spacial score (nSPS) is 11.5. The summed E-state index contributed by atoms with van der Waals surface area (Å²) in [6.45, 7) is 7.16. The molecular weight excluding hydrogens is 266 g/mol. The molecule has 0 fully saturated rings. The molecule has 1 nitrogen and oxygen atoms in total. The van der Waals surface area contributed by atoms with Crippen LogP contribution in [0.15, 0.2) is 41.3 Å². The summed E-state index contributed by atoms with van der Waals surface area (Å²) in [5.74, 6) is 1.11. The molecule has 0 aliphatic rings. The maximum absolute atomic E-state index is 9.42. The van der Waals surface area contributed by atoms with Crippen LogP contribution in [0.5, 0.6) is 0 Å². The van der Waals surface area contributed by atoms with Gasteiger partial charge in [-0.3, -0.25) is 0 Å². The lowest BCUT2D eigenvalue weighted by Gasteiger charge is -2.15. The second-order valence-corrected chi connectivity index (χ2v) is 12.7. The Morgan fingerprint density at radius 1 is 1.11 bits per heavy atom. The molecule has 0 saturated heterocycles. The van der Waals surface area contributed by atoms with Crippen LogP contribution < -0.4 is 0 Å². The zero-order valence-electron chi connectivity index (χ0n) is 11.7. The highest BCUT2D eigenvalue weighted by Gasteiger charge is 2.13. The van der Waals surface area contributed by atoms with Crippen molar-refractivity contribution < 1.29 is 0 Å². The second-order valence-electron chi connectivity index (χ2n) is 5.93. The number of thioether (sulfide) groups is 1. The predicted octanol–water partition coefficient (Wildman–Crippen LogP) is 5.14. The van der Waals surface area contributed by atoms with Gasteiger partial charge in [0.05, 0.1) is 5.56 Å². The van der Waals surface area contributed by atoms with Gasteiger partial charge in [-0.1, -0.05) is 50.0 Å². The van der Waals surface area contributed by atoms with Crippen molar-refractivity contribution in [1.29, 1.82) is 5.26 Å². The van der Waals surface area contributed by atoms with Gasteiger partial charge in [-0.05, 0) is 23.2 Å². The fourth-order valence-corrected chi connectivity index (χ4v) is 5.50. The zero-order chi connectivity index (χ0) is 13.9. The molecule has 0 aliphatic heterocycles. The maximum Gasteiger partial charge on any atom is 0.101 e. The van der Waals surface area contributed by atoms with Crippen LogP contribution >= 0.6 is 11.8 Å². The lowest BCUT2D eigenvalue weighted by atomic mass is 10.1. The third-order valence-electron chi connectivity index (χ3n) is 3.11. The van der Waals surface area contributed by atoms with Gasteiger partial charge in [0, 0.05) is 18.4 Å². The average Bonchev–Trinajstić information content (AvgIpc) is 2.37. The van der Waals surface area contributed by atoms with E-state index in [4.69, 9.17) is 0 Å². The Hall–Kier alpha value is -1.24. The predicted molar refractivity (Wildman–Crippen MR) is 87.5 cm³/mol. The fourth-order valence-electron chi connectivity index (χ4n) is 1.95. The number of rotatable bonds is 4. The zero-order valence-corrected chi connectivity index (χ0v) is 13.6. The van der Waals surface area contributed by atoms with Crippen molar-refractivity contribution in [3.8, 4) is 6.07 Å². The Balaban J connectivity index is 2.27. The van der Waals surface area contributed by atoms with Crippen LogP contribution in [-0.4, -0.2) is 13.8 Å². The van der Waals surface area contributed by atoms with Gasteiger partial charge in [-0.25, -0.2) is 0 Å². The van der Waals surface area contributed by atoms with Crippen LogP contribution in [-0.2, 0) is 0 Å². The van der Waals surface area contributed by atoms with Crippen LogP contribution in [0.4, 0.5) is 0 Å². The number of hydrogen-bond donors (Lipinski definition) is 0. The molecule has 2 aromatic carbocycles. The minimum Gasteiger partial charge on any atom is -0.192 e. The molecule has 3 heteroatoms. The SMILES string of the molecule is C[Si](C)(C)CCSc1ccc2ccccc2c1C#N. The summed E-state index contributed by atoms with van der Waals surface area (Å²) in [6, 6.07) is 16.0. The molecule has 98 valence electrons. The summed E-state index contributed by atoms with van der Waals surface area (Å²) < 4.78 is 0. The number of nitriles is 1. The summed E-state index contributed by atoms with van der Waals surface area (Å²) in [6.07, 6.45) is 0. The highest BCUT2D eigenvalue weighted by atomic mass is 32.2. The molecule has 0 aliphatic carbocycles. The molecule has 0 unspecified atom stereocenters. The Labute approximate surface area is 120 Å². The number of benzene rings is 2. The van der Waals surface area contributed by atoms with Crippen molar-refractivity contribution in [3.63, 3.8) is 0 Å². The molecule has 0 N–H and O–H groups in total. The van der Waals surface area contributed by atoms with Gasteiger partial charge in [0.2, 0.25) is 0 Å². The number of fused-ring (bicyclic) bond motifs is 1. The third kappa shape index (κ3) is 3.62. The molecule has 0 aromatic heterocycles. The molecule has 0 amide bonds. The highest BCUT2D eigenvalue weighted by Crippen LogP contribution is 2.30. The lowest BCUT2D eigenvalue weighted by Crippen LogP contribution is -2.19. The molecule has 2 rings (SSSR count). The Bertz CT molecular complexity index is 623. The molecule has 0 atom stereocenters. The van der Waals surface area contributed by atoms with E-state index in [1.807, 2.05) is 30.0 Å². The highest BCUT2D eigenvalue weighted by molar-refractivity contribution is 7.99. The van der Waals surface area contributed by atoms with E-state index in [1.165, 1.54) is 6.04 Å². The van der Waals surface area contributed by atoms with E-state index in [9.17, 15) is 5.26 Å². The first-order chi connectivity index (χ1) is 9.01. The monoisotopic (exact) mass is 285 g/mol. The van der Waals surface area contributed by atoms with Crippen molar-refractivity contribution in [2.45, 2.75) is 30.6 Å². The molecule has 0 heterocycles. The van der Waals surface area contributed by atoms with Crippen molar-refractivity contribution in [3.05, 3.63) is 42.0 Å². The fraction of sp³-hybridized carbons (Fsp3) is 0.312. The standard InChI is InChI=1S/C16H19NSSi/c1-19(2,3)11-10-18-16-9-8-13-6-4-5-7-14(13)15(16)12-17/h4-9H,10-11H2,1-3H3. The molecule has 19 heavy (non-hydrogen) atoms. The van der Waals surface area contributed by atoms with Gasteiger partial charge in [0.15, 0.2) is 0 Å². The smallest absolute Gasteiger partial charge is 0.101 e. The lowest BCUT2D eigenvalue weighted by molar-refractivity contribution is 1.35. The van der Waals surface area contributed by atoms with Gasteiger partial charge < -0.3 is 0 Å². The van der Waals surface area contributed by atoms with Crippen molar-refractivity contribution in [2.24, 2.45) is 0 Å². The first kappa shape index (κ1) is 14.2. The molecule has 0 spiro atoms. The van der Waals surface area contributed by atoms with E-state index >= 15 is 0 Å². The van der Waals surface area contributed by atoms with Gasteiger partial charge >= 0.3 is 0 Å². The number of nitrogens with zero attached hydrogens (tertiary/aromatic N) is 1. The van der Waals surface area contributed by atoms with E-state index in [0.717, 1.165) is 27.0 Å². The van der Waals surface area contributed by atoms with E-state index < -0.39 is 8.07 Å². The number of hydrogen-bond acceptors (Lipinski definition) is 2. The van der Waals surface area contributed by atoms with E-state index in [1.54, 1.807) is 0 Å². The Kier molecular flexibility index (Phi) is 4.33. The van der Waals surface area contributed by atoms with E-state index in [2.05, 4.69) is 43.9 Å². The van der Waals surface area contributed by atoms with Crippen LogP contribution in [0, 0.1) is 11.3 Å². The van der Waals surface area contributed by atoms with Gasteiger partial charge in [0.25, 0.3) is 0 Å². The van der Waals surface area contributed by atoms with Gasteiger partial charge in [-0.2, -0.15) is 5.26 Å². The molecule has 2 aromatic rings. The quantitative estimate of drug-likeness (QED) is 0.573. The molecular formula is C16H19NSSi. The first-order valence-corrected chi connectivity index (χ1v) is 11.3. The summed E-state index contributed by atoms with van der Waals surface area (Å²) >= 11 is 1.83. The van der Waals surface area contributed by atoms with Crippen LogP contribution in [0.2, 0.25) is 25.7 Å². The Morgan fingerprint density at radius 3 is 2.53 bits per heavy atom. The van der Waals surface area contributed by atoms with Crippen LogP contribution in [0.1, 0.15) is 5.56 Å². The van der Waals surface area contributed by atoms with Crippen molar-refractivity contribution in [1.82, 2.24) is 0 Å². The second kappa shape index (κ2) is 5.81. The Morgan fingerprint density at radius 2 is 1.84 bits per heavy atom. The van der Waals surface area contributed by atoms with Crippen LogP contribution in [0.25, 0.3) is 10.8 Å². The summed E-state index contributed by atoms with van der Waals surface area (Å²) in [7, 11) is -0.996. The third-order valence-corrected chi connectivity index (χ3v) is 6.28. The minimum absolute atomic E-state index is 0.832. The summed E-state index contributed by atoms with van der Waals surface area (Å²) in [4.78, 5) is 1.12. The van der Waals surface area contributed by atoms with E-state index in [0.29, 0.717) is 0 Å². The molecule has 0 bridgehead atoms. The first-order valence-electron chi connectivity index (χ1n) is 6.56. The van der Waals surface area contributed by atoms with Gasteiger partial charge in [-0.15, -0.1) is 11.8 Å².